The molecule has 1 N–H and O–H groups in total. The number of nitrogens with one attached hydrogen (secondary N) is 1. The fourth-order valence-corrected chi connectivity index (χ4v) is 4.13. The SMILES string of the molecule is CCCN1CCCC(Nc2cc(OC)c(Br)cc2Br)CC1. The Morgan fingerprint density at radius 1 is 1.24 bits per heavy atom. The van der Waals surface area contributed by atoms with E-state index < -0.39 is 0 Å². The Kier molecular flexibility index (Phi) is 6.83. The topological polar surface area (TPSA) is 24.5 Å². The summed E-state index contributed by atoms with van der Waals surface area (Å²) in [6.07, 6.45) is 4.94. The number of hydrogen-bond acceptors (Lipinski definition) is 3. The minimum absolute atomic E-state index is 0.536. The van der Waals surface area contributed by atoms with Crippen LogP contribution in [-0.2, 0) is 0 Å². The van der Waals surface area contributed by atoms with E-state index in [9.17, 15) is 0 Å². The van der Waals surface area contributed by atoms with Gasteiger partial charge in [-0.1, -0.05) is 6.92 Å². The number of likely N-dealkylation sites (tertiary alicyclic amines) is 1. The predicted molar refractivity (Wildman–Crippen MR) is 96.4 cm³/mol. The minimum Gasteiger partial charge on any atom is -0.495 e. The van der Waals surface area contributed by atoms with Crippen molar-refractivity contribution in [3.8, 4) is 5.75 Å². The highest BCUT2D eigenvalue weighted by Gasteiger charge is 2.17. The molecule has 1 aliphatic heterocycles. The second kappa shape index (κ2) is 8.39. The van der Waals surface area contributed by atoms with Gasteiger partial charge in [-0.2, -0.15) is 0 Å². The Hall–Kier alpha value is -0.260. The lowest BCUT2D eigenvalue weighted by atomic mass is 10.1. The molecule has 0 amide bonds. The summed E-state index contributed by atoms with van der Waals surface area (Å²) in [5, 5.41) is 3.68. The van der Waals surface area contributed by atoms with E-state index in [0.717, 1.165) is 20.4 Å². The molecule has 0 aromatic heterocycles. The van der Waals surface area contributed by atoms with Gasteiger partial charge < -0.3 is 15.0 Å². The Bertz CT molecular complexity index is 468. The molecule has 0 radical (unpaired) electrons. The fraction of sp³-hybridized carbons (Fsp3) is 0.625. The highest BCUT2D eigenvalue weighted by Crippen LogP contribution is 2.35. The Balaban J connectivity index is 2.01. The van der Waals surface area contributed by atoms with Gasteiger partial charge in [0.1, 0.15) is 5.75 Å². The van der Waals surface area contributed by atoms with Gasteiger partial charge in [-0.15, -0.1) is 0 Å². The van der Waals surface area contributed by atoms with E-state index >= 15 is 0 Å². The van der Waals surface area contributed by atoms with Crippen LogP contribution in [0, 0.1) is 0 Å². The molecule has 0 spiro atoms. The van der Waals surface area contributed by atoms with Gasteiger partial charge in [-0.25, -0.2) is 0 Å². The first-order valence-corrected chi connectivity index (χ1v) is 9.24. The third kappa shape index (κ3) is 4.86. The lowest BCUT2D eigenvalue weighted by Gasteiger charge is -2.21. The number of benzene rings is 1. The Morgan fingerprint density at radius 3 is 2.76 bits per heavy atom. The van der Waals surface area contributed by atoms with Crippen LogP contribution in [0.3, 0.4) is 0 Å². The number of hydrogen-bond donors (Lipinski definition) is 1. The van der Waals surface area contributed by atoms with Gasteiger partial charge in [-0.05, 0) is 76.7 Å². The molecule has 0 aliphatic carbocycles. The van der Waals surface area contributed by atoms with Crippen molar-refractivity contribution in [2.24, 2.45) is 0 Å². The van der Waals surface area contributed by atoms with Gasteiger partial charge in [0.2, 0.25) is 0 Å². The van der Waals surface area contributed by atoms with Gasteiger partial charge in [0.25, 0.3) is 0 Å². The zero-order valence-corrected chi connectivity index (χ0v) is 16.0. The largest absolute Gasteiger partial charge is 0.495 e. The molecule has 0 saturated carbocycles. The van der Waals surface area contributed by atoms with E-state index in [2.05, 4.69) is 55.1 Å². The van der Waals surface area contributed by atoms with Gasteiger partial charge in [0, 0.05) is 23.1 Å². The number of rotatable bonds is 5. The molecule has 1 aromatic rings. The molecule has 1 heterocycles. The van der Waals surface area contributed by atoms with Crippen molar-refractivity contribution in [1.82, 2.24) is 4.90 Å². The maximum absolute atomic E-state index is 5.39. The molecule has 2 rings (SSSR count). The van der Waals surface area contributed by atoms with Crippen molar-refractivity contribution in [2.45, 2.75) is 38.6 Å². The molecule has 1 fully saturated rings. The highest BCUT2D eigenvalue weighted by molar-refractivity contribution is 9.11. The van der Waals surface area contributed by atoms with Gasteiger partial charge in [-0.3, -0.25) is 0 Å². The second-order valence-corrected chi connectivity index (χ2v) is 7.29. The number of methoxy groups -OCH3 is 1. The summed E-state index contributed by atoms with van der Waals surface area (Å²) in [7, 11) is 1.70. The lowest BCUT2D eigenvalue weighted by Crippen LogP contribution is -2.27. The summed E-state index contributed by atoms with van der Waals surface area (Å²) in [4.78, 5) is 2.58. The zero-order valence-electron chi connectivity index (χ0n) is 12.8. The van der Waals surface area contributed by atoms with Crippen molar-refractivity contribution in [3.05, 3.63) is 21.1 Å². The first kappa shape index (κ1) is 17.1. The zero-order chi connectivity index (χ0) is 15.2. The molecule has 118 valence electrons. The summed E-state index contributed by atoms with van der Waals surface area (Å²) < 4.78 is 7.43. The third-order valence-electron chi connectivity index (χ3n) is 3.96. The van der Waals surface area contributed by atoms with E-state index in [0.29, 0.717) is 6.04 Å². The third-order valence-corrected chi connectivity index (χ3v) is 5.24. The number of nitrogens with zero attached hydrogens (tertiary/aromatic N) is 1. The van der Waals surface area contributed by atoms with Crippen molar-refractivity contribution >= 4 is 37.5 Å². The number of ether oxygens (including phenoxy) is 1. The van der Waals surface area contributed by atoms with Crippen LogP contribution in [-0.4, -0.2) is 37.7 Å². The number of anilines is 1. The molecular formula is C16H24Br2N2O. The van der Waals surface area contributed by atoms with Crippen molar-refractivity contribution in [2.75, 3.05) is 32.1 Å². The van der Waals surface area contributed by atoms with E-state index in [4.69, 9.17) is 4.74 Å². The summed E-state index contributed by atoms with van der Waals surface area (Å²) in [5.41, 5.74) is 1.11. The van der Waals surface area contributed by atoms with Crippen molar-refractivity contribution < 1.29 is 4.74 Å². The van der Waals surface area contributed by atoms with Crippen LogP contribution in [0.1, 0.15) is 32.6 Å². The summed E-state index contributed by atoms with van der Waals surface area (Å²) >= 11 is 7.15. The van der Waals surface area contributed by atoms with E-state index in [1.54, 1.807) is 7.11 Å². The van der Waals surface area contributed by atoms with Crippen LogP contribution in [0.25, 0.3) is 0 Å². The normalized spacial score (nSPS) is 20.1. The first-order chi connectivity index (χ1) is 10.1. The highest BCUT2D eigenvalue weighted by atomic mass is 79.9. The summed E-state index contributed by atoms with van der Waals surface area (Å²) in [6, 6.07) is 4.64. The summed E-state index contributed by atoms with van der Waals surface area (Å²) in [5.74, 6) is 0.863. The standard InChI is InChI=1S/C16H24Br2N2O/c1-3-7-20-8-4-5-12(6-9-20)19-15-11-16(21-2)14(18)10-13(15)17/h10-12,19H,3-9H2,1-2H3. The smallest absolute Gasteiger partial charge is 0.135 e. The fourth-order valence-electron chi connectivity index (χ4n) is 2.86. The number of halogens is 2. The van der Waals surface area contributed by atoms with Crippen molar-refractivity contribution in [3.63, 3.8) is 0 Å². The molecule has 1 atom stereocenters. The Labute approximate surface area is 144 Å². The quantitative estimate of drug-likeness (QED) is 0.734. The average molecular weight is 420 g/mol. The van der Waals surface area contributed by atoms with Crippen molar-refractivity contribution in [1.29, 1.82) is 0 Å². The second-order valence-electron chi connectivity index (χ2n) is 5.58. The average Bonchev–Trinajstić information content (AvgIpc) is 2.68. The van der Waals surface area contributed by atoms with E-state index in [1.807, 2.05) is 6.07 Å². The molecule has 5 heteroatoms. The molecule has 1 aliphatic rings. The van der Waals surface area contributed by atoms with E-state index in [-0.39, 0.29) is 0 Å². The van der Waals surface area contributed by atoms with E-state index in [1.165, 1.54) is 45.3 Å². The molecule has 1 saturated heterocycles. The van der Waals surface area contributed by atoms with Crippen LogP contribution in [0.5, 0.6) is 5.75 Å². The molecule has 1 unspecified atom stereocenters. The maximum Gasteiger partial charge on any atom is 0.135 e. The molecule has 1 aromatic carbocycles. The van der Waals surface area contributed by atoms with Crippen LogP contribution < -0.4 is 10.1 Å². The van der Waals surface area contributed by atoms with Crippen LogP contribution in [0.4, 0.5) is 5.69 Å². The summed E-state index contributed by atoms with van der Waals surface area (Å²) in [6.45, 7) is 5.90. The maximum atomic E-state index is 5.39. The van der Waals surface area contributed by atoms with Gasteiger partial charge in [0.05, 0.1) is 17.3 Å². The van der Waals surface area contributed by atoms with Crippen LogP contribution in [0.15, 0.2) is 21.1 Å². The molecule has 3 nitrogen and oxygen atoms in total. The predicted octanol–water partition coefficient (Wildman–Crippen LogP) is 4.90. The Morgan fingerprint density at radius 2 is 2.05 bits per heavy atom. The minimum atomic E-state index is 0.536. The molecule has 0 bridgehead atoms. The van der Waals surface area contributed by atoms with Gasteiger partial charge >= 0.3 is 0 Å². The van der Waals surface area contributed by atoms with Gasteiger partial charge in [0.15, 0.2) is 0 Å². The molecular weight excluding hydrogens is 396 g/mol. The molecule has 21 heavy (non-hydrogen) atoms. The van der Waals surface area contributed by atoms with Crippen LogP contribution >= 0.6 is 31.9 Å². The monoisotopic (exact) mass is 418 g/mol. The lowest BCUT2D eigenvalue weighted by molar-refractivity contribution is 0.285. The van der Waals surface area contributed by atoms with Crippen LogP contribution in [0.2, 0.25) is 0 Å². The first-order valence-electron chi connectivity index (χ1n) is 7.66.